The third-order valence-electron chi connectivity index (χ3n) is 3.28. The molecule has 0 aromatic heterocycles. The van der Waals surface area contributed by atoms with E-state index in [1.54, 1.807) is 6.92 Å². The van der Waals surface area contributed by atoms with Crippen molar-refractivity contribution in [1.29, 1.82) is 0 Å². The minimum absolute atomic E-state index is 0.296. The summed E-state index contributed by atoms with van der Waals surface area (Å²) in [6.07, 6.45) is 9.97. The minimum Gasteiger partial charge on any atom is -0.325 e. The van der Waals surface area contributed by atoms with Crippen LogP contribution in [0.5, 0.6) is 0 Å². The van der Waals surface area contributed by atoms with Gasteiger partial charge in [0.15, 0.2) is 0 Å². The van der Waals surface area contributed by atoms with Crippen molar-refractivity contribution in [2.45, 2.75) is 65.2 Å². The Bertz CT molecular complexity index is 185. The molecule has 0 aliphatic rings. The third-order valence-corrected chi connectivity index (χ3v) is 3.28. The maximum Gasteiger partial charge on any atom is 0.132 e. The van der Waals surface area contributed by atoms with Gasteiger partial charge in [0.25, 0.3) is 0 Å². The van der Waals surface area contributed by atoms with Crippen LogP contribution in [0.25, 0.3) is 0 Å². The van der Waals surface area contributed by atoms with Crippen LogP contribution in [0.15, 0.2) is 0 Å². The number of hydrogen-bond donors (Lipinski definition) is 1. The molecule has 0 aliphatic heterocycles. The van der Waals surface area contributed by atoms with E-state index in [1.165, 1.54) is 25.7 Å². The minimum atomic E-state index is 0.296. The van der Waals surface area contributed by atoms with Crippen LogP contribution in [0, 0.1) is 5.92 Å². The van der Waals surface area contributed by atoms with E-state index in [1.807, 2.05) is 0 Å². The van der Waals surface area contributed by atoms with Gasteiger partial charge in [-0.25, -0.2) is 0 Å². The molecule has 17 heavy (non-hydrogen) atoms. The van der Waals surface area contributed by atoms with Crippen molar-refractivity contribution in [2.24, 2.45) is 5.92 Å². The molecule has 0 aliphatic carbocycles. The summed E-state index contributed by atoms with van der Waals surface area (Å²) in [6, 6.07) is 0. The number of ketones is 1. The summed E-state index contributed by atoms with van der Waals surface area (Å²) in [5, 5.41) is 3.10. The number of unbranched alkanes of at least 4 members (excludes halogenated alkanes) is 4. The van der Waals surface area contributed by atoms with Gasteiger partial charge >= 0.3 is 0 Å². The number of nitrogens with one attached hydrogen (secondary N) is 1. The molecule has 0 saturated heterocycles. The molecule has 0 spiro atoms. The SMILES string of the molecule is [B]CNCCCC[C@H](CCCCCC)C(C)=O. The van der Waals surface area contributed by atoms with Crippen LogP contribution in [-0.2, 0) is 4.79 Å². The van der Waals surface area contributed by atoms with Gasteiger partial charge in [-0.05, 0) is 39.2 Å². The second-order valence-corrected chi connectivity index (χ2v) is 4.86. The Morgan fingerprint density at radius 1 is 1.12 bits per heavy atom. The molecule has 0 heterocycles. The van der Waals surface area contributed by atoms with Crippen molar-refractivity contribution in [3.8, 4) is 0 Å². The molecule has 3 heteroatoms. The number of Topliss-reactive ketones (excluding diaryl/α,β-unsaturated/α-hetero) is 1. The maximum atomic E-state index is 11.5. The second kappa shape index (κ2) is 12.2. The van der Waals surface area contributed by atoms with Crippen LogP contribution in [0.2, 0.25) is 0 Å². The van der Waals surface area contributed by atoms with Gasteiger partial charge < -0.3 is 5.32 Å². The highest BCUT2D eigenvalue weighted by Crippen LogP contribution is 2.18. The fourth-order valence-electron chi connectivity index (χ4n) is 2.11. The van der Waals surface area contributed by atoms with E-state index in [0.717, 1.165) is 32.2 Å². The Kier molecular flexibility index (Phi) is 11.9. The number of carbonyl (C=O) groups excluding carboxylic acids is 1. The van der Waals surface area contributed by atoms with E-state index < -0.39 is 0 Å². The molecule has 2 radical (unpaired) electrons. The Morgan fingerprint density at radius 2 is 1.76 bits per heavy atom. The van der Waals surface area contributed by atoms with Gasteiger partial charge in [0.2, 0.25) is 0 Å². The van der Waals surface area contributed by atoms with Gasteiger partial charge in [-0.2, -0.15) is 0 Å². The standard InChI is InChI=1S/C14H28BNO/c1-3-4-5-6-9-14(13(2)17)10-7-8-11-16-12-15/h14,16H,3-12H2,1-2H3/t14-/m0/s1. The van der Waals surface area contributed by atoms with E-state index >= 15 is 0 Å². The predicted molar refractivity (Wildman–Crippen MR) is 75.4 cm³/mol. The van der Waals surface area contributed by atoms with E-state index in [0.29, 0.717) is 18.1 Å². The summed E-state index contributed by atoms with van der Waals surface area (Å²) in [7, 11) is 5.35. The lowest BCUT2D eigenvalue weighted by atomic mass is 9.92. The van der Waals surface area contributed by atoms with Crippen molar-refractivity contribution in [2.75, 3.05) is 13.0 Å². The highest BCUT2D eigenvalue weighted by molar-refractivity contribution is 6.08. The van der Waals surface area contributed by atoms with Gasteiger partial charge in [0, 0.05) is 5.92 Å². The summed E-state index contributed by atoms with van der Waals surface area (Å²) in [5.74, 6) is 0.665. The average molecular weight is 237 g/mol. The van der Waals surface area contributed by atoms with Crippen molar-refractivity contribution in [3.05, 3.63) is 0 Å². The number of hydrogen-bond acceptors (Lipinski definition) is 2. The third kappa shape index (κ3) is 10.6. The molecule has 0 aromatic rings. The zero-order chi connectivity index (χ0) is 12.9. The molecule has 0 amide bonds. The summed E-state index contributed by atoms with van der Waals surface area (Å²) < 4.78 is 0. The van der Waals surface area contributed by atoms with Crippen LogP contribution in [0.3, 0.4) is 0 Å². The van der Waals surface area contributed by atoms with Crippen LogP contribution >= 0.6 is 0 Å². The van der Waals surface area contributed by atoms with Crippen molar-refractivity contribution < 1.29 is 4.79 Å². The van der Waals surface area contributed by atoms with Crippen LogP contribution in [-0.4, -0.2) is 26.6 Å². The van der Waals surface area contributed by atoms with Gasteiger partial charge in [0.1, 0.15) is 5.78 Å². The van der Waals surface area contributed by atoms with Crippen molar-refractivity contribution >= 4 is 13.6 Å². The molecule has 0 unspecified atom stereocenters. The van der Waals surface area contributed by atoms with Crippen LogP contribution < -0.4 is 5.32 Å². The Hall–Kier alpha value is -0.305. The summed E-state index contributed by atoms with van der Waals surface area (Å²) in [5.41, 5.74) is 0. The Labute approximate surface area is 108 Å². The normalized spacial score (nSPS) is 12.6. The molecule has 0 saturated carbocycles. The van der Waals surface area contributed by atoms with E-state index in [4.69, 9.17) is 7.85 Å². The molecule has 1 N–H and O–H groups in total. The Morgan fingerprint density at radius 3 is 2.29 bits per heavy atom. The van der Waals surface area contributed by atoms with Gasteiger partial charge in [0.05, 0.1) is 7.85 Å². The van der Waals surface area contributed by atoms with Crippen molar-refractivity contribution in [3.63, 3.8) is 0 Å². The zero-order valence-electron chi connectivity index (χ0n) is 11.6. The average Bonchev–Trinajstić information content (AvgIpc) is 2.31. The maximum absolute atomic E-state index is 11.5. The fourth-order valence-corrected chi connectivity index (χ4v) is 2.11. The summed E-state index contributed by atoms with van der Waals surface area (Å²) >= 11 is 0. The monoisotopic (exact) mass is 237 g/mol. The predicted octanol–water partition coefficient (Wildman–Crippen LogP) is 3.05. The van der Waals surface area contributed by atoms with E-state index in [9.17, 15) is 4.79 Å². The van der Waals surface area contributed by atoms with Gasteiger partial charge in [-0.1, -0.05) is 39.0 Å². The molecule has 0 bridgehead atoms. The lowest BCUT2D eigenvalue weighted by Crippen LogP contribution is -2.17. The molecule has 0 fully saturated rings. The molecular formula is C14H28BNO. The second-order valence-electron chi connectivity index (χ2n) is 4.86. The van der Waals surface area contributed by atoms with Crippen molar-refractivity contribution in [1.82, 2.24) is 5.32 Å². The largest absolute Gasteiger partial charge is 0.325 e. The summed E-state index contributed by atoms with van der Waals surface area (Å²) in [6.45, 7) is 4.92. The smallest absolute Gasteiger partial charge is 0.132 e. The molecule has 98 valence electrons. The molecule has 0 aromatic carbocycles. The van der Waals surface area contributed by atoms with Crippen LogP contribution in [0.4, 0.5) is 0 Å². The fraction of sp³-hybridized carbons (Fsp3) is 0.929. The zero-order valence-corrected chi connectivity index (χ0v) is 11.6. The first-order valence-electron chi connectivity index (χ1n) is 7.13. The first kappa shape index (κ1) is 16.7. The topological polar surface area (TPSA) is 29.1 Å². The summed E-state index contributed by atoms with van der Waals surface area (Å²) in [4.78, 5) is 11.5. The lowest BCUT2D eigenvalue weighted by molar-refractivity contribution is -0.121. The molecule has 0 rings (SSSR count). The molecular weight excluding hydrogens is 209 g/mol. The lowest BCUT2D eigenvalue weighted by Gasteiger charge is -2.13. The van der Waals surface area contributed by atoms with E-state index in [2.05, 4.69) is 12.2 Å². The van der Waals surface area contributed by atoms with Gasteiger partial charge in [-0.15, -0.1) is 0 Å². The number of carbonyl (C=O) groups is 1. The Balaban J connectivity index is 3.57. The van der Waals surface area contributed by atoms with Gasteiger partial charge in [-0.3, -0.25) is 4.79 Å². The first-order chi connectivity index (χ1) is 8.22. The highest BCUT2D eigenvalue weighted by atomic mass is 16.1. The quantitative estimate of drug-likeness (QED) is 0.417. The molecule has 1 atom stereocenters. The molecule has 2 nitrogen and oxygen atoms in total. The first-order valence-corrected chi connectivity index (χ1v) is 7.13. The van der Waals surface area contributed by atoms with E-state index in [-0.39, 0.29) is 0 Å². The number of rotatable bonds is 12. The highest BCUT2D eigenvalue weighted by Gasteiger charge is 2.12. The van der Waals surface area contributed by atoms with Crippen LogP contribution in [0.1, 0.15) is 65.2 Å².